The molecule has 0 radical (unpaired) electrons. The molecule has 1 aromatic heterocycles. The number of rotatable bonds is 1. The monoisotopic (exact) mass is 268 g/mol. The lowest BCUT2D eigenvalue weighted by Crippen LogP contribution is -2.44. The fourth-order valence-electron chi connectivity index (χ4n) is 3.39. The minimum atomic E-state index is 1.05. The second-order valence-corrected chi connectivity index (χ2v) is 5.65. The van der Waals surface area contributed by atoms with Gasteiger partial charge in [-0.2, -0.15) is 5.10 Å². The van der Waals surface area contributed by atoms with E-state index in [0.717, 1.165) is 32.6 Å². The summed E-state index contributed by atoms with van der Waals surface area (Å²) in [6.45, 7) is 4.22. The molecule has 104 valence electrons. The summed E-state index contributed by atoms with van der Waals surface area (Å²) in [4.78, 5) is 2.42. The number of nitrogens with one attached hydrogen (secondary N) is 2. The van der Waals surface area contributed by atoms with Crippen LogP contribution in [0.3, 0.4) is 0 Å². The SMILES string of the molecule is c1ccc2c(c1)CCCc1c(N3CCNCC3)n[nH]c1-2. The highest BCUT2D eigenvalue weighted by atomic mass is 15.3. The highest BCUT2D eigenvalue weighted by Crippen LogP contribution is 2.35. The van der Waals surface area contributed by atoms with Gasteiger partial charge < -0.3 is 10.2 Å². The molecule has 1 fully saturated rings. The third kappa shape index (κ3) is 1.91. The zero-order valence-electron chi connectivity index (χ0n) is 11.7. The number of aryl methyl sites for hydroxylation is 1. The van der Waals surface area contributed by atoms with Crippen LogP contribution >= 0.6 is 0 Å². The average Bonchev–Trinajstić information content (AvgIpc) is 2.84. The van der Waals surface area contributed by atoms with Crippen molar-refractivity contribution in [2.24, 2.45) is 0 Å². The van der Waals surface area contributed by atoms with Crippen LogP contribution in [0.2, 0.25) is 0 Å². The van der Waals surface area contributed by atoms with Gasteiger partial charge in [-0.05, 0) is 24.8 Å². The van der Waals surface area contributed by atoms with Crippen molar-refractivity contribution in [1.29, 1.82) is 0 Å². The summed E-state index contributed by atoms with van der Waals surface area (Å²) in [5.74, 6) is 1.18. The van der Waals surface area contributed by atoms with E-state index in [1.165, 1.54) is 41.0 Å². The molecule has 2 aliphatic rings. The van der Waals surface area contributed by atoms with Crippen molar-refractivity contribution in [3.05, 3.63) is 35.4 Å². The molecule has 0 bridgehead atoms. The third-order valence-electron chi connectivity index (χ3n) is 4.42. The normalized spacial score (nSPS) is 18.3. The number of benzene rings is 1. The molecule has 4 heteroatoms. The van der Waals surface area contributed by atoms with Crippen molar-refractivity contribution in [2.75, 3.05) is 31.1 Å². The van der Waals surface area contributed by atoms with Gasteiger partial charge in [0.25, 0.3) is 0 Å². The number of aromatic nitrogens is 2. The van der Waals surface area contributed by atoms with E-state index >= 15 is 0 Å². The minimum absolute atomic E-state index is 1.05. The third-order valence-corrected chi connectivity index (χ3v) is 4.42. The fourth-order valence-corrected chi connectivity index (χ4v) is 3.39. The number of H-pyrrole nitrogens is 1. The Morgan fingerprint density at radius 3 is 2.80 bits per heavy atom. The number of piperazine rings is 1. The van der Waals surface area contributed by atoms with Crippen LogP contribution in [0.5, 0.6) is 0 Å². The van der Waals surface area contributed by atoms with Crippen LogP contribution < -0.4 is 10.2 Å². The minimum Gasteiger partial charge on any atom is -0.352 e. The Morgan fingerprint density at radius 2 is 1.90 bits per heavy atom. The van der Waals surface area contributed by atoms with Crippen molar-refractivity contribution < 1.29 is 0 Å². The number of hydrogen-bond acceptors (Lipinski definition) is 3. The van der Waals surface area contributed by atoms with Gasteiger partial charge in [-0.15, -0.1) is 0 Å². The second-order valence-electron chi connectivity index (χ2n) is 5.65. The first kappa shape index (κ1) is 12.0. The highest BCUT2D eigenvalue weighted by molar-refractivity contribution is 5.73. The molecule has 2 N–H and O–H groups in total. The standard InChI is InChI=1S/C16H20N4/c1-2-6-13-12(4-1)5-3-7-14-15(13)18-19-16(14)20-10-8-17-9-11-20/h1-2,4,6,17H,3,5,7-11H2,(H,18,19). The summed E-state index contributed by atoms with van der Waals surface area (Å²) in [5.41, 5.74) is 5.44. The van der Waals surface area contributed by atoms with E-state index in [-0.39, 0.29) is 0 Å². The smallest absolute Gasteiger partial charge is 0.154 e. The van der Waals surface area contributed by atoms with Crippen LogP contribution in [0.4, 0.5) is 5.82 Å². The van der Waals surface area contributed by atoms with E-state index in [4.69, 9.17) is 0 Å². The van der Waals surface area contributed by atoms with E-state index in [2.05, 4.69) is 44.7 Å². The Hall–Kier alpha value is -1.81. The van der Waals surface area contributed by atoms with Crippen LogP contribution in [0.25, 0.3) is 11.3 Å². The molecule has 0 saturated carbocycles. The van der Waals surface area contributed by atoms with Crippen molar-refractivity contribution in [3.63, 3.8) is 0 Å². The molecule has 1 aliphatic heterocycles. The number of aromatic amines is 1. The van der Waals surface area contributed by atoms with Crippen molar-refractivity contribution in [3.8, 4) is 11.3 Å². The molecule has 0 spiro atoms. The van der Waals surface area contributed by atoms with Crippen LogP contribution in [-0.4, -0.2) is 36.4 Å². The summed E-state index contributed by atoms with van der Waals surface area (Å²) >= 11 is 0. The van der Waals surface area contributed by atoms with Gasteiger partial charge in [-0.1, -0.05) is 24.3 Å². The van der Waals surface area contributed by atoms with E-state index < -0.39 is 0 Å². The number of anilines is 1. The first-order chi connectivity index (χ1) is 9.93. The molecular formula is C16H20N4. The molecule has 1 aliphatic carbocycles. The number of fused-ring (bicyclic) bond motifs is 3. The van der Waals surface area contributed by atoms with Crippen LogP contribution in [0.15, 0.2) is 24.3 Å². The molecule has 4 nitrogen and oxygen atoms in total. The van der Waals surface area contributed by atoms with Crippen LogP contribution in [0, 0.1) is 0 Å². The largest absolute Gasteiger partial charge is 0.352 e. The molecule has 2 heterocycles. The van der Waals surface area contributed by atoms with Gasteiger partial charge in [-0.25, -0.2) is 0 Å². The summed E-state index contributed by atoms with van der Waals surface area (Å²) in [6.07, 6.45) is 3.50. The van der Waals surface area contributed by atoms with Gasteiger partial charge in [0.2, 0.25) is 0 Å². The highest BCUT2D eigenvalue weighted by Gasteiger charge is 2.23. The predicted molar refractivity (Wildman–Crippen MR) is 81.1 cm³/mol. The second kappa shape index (κ2) is 4.94. The summed E-state index contributed by atoms with van der Waals surface area (Å²) < 4.78 is 0. The molecule has 2 aromatic rings. The van der Waals surface area contributed by atoms with E-state index in [9.17, 15) is 0 Å². The summed E-state index contributed by atoms with van der Waals surface area (Å²) in [7, 11) is 0. The summed E-state index contributed by atoms with van der Waals surface area (Å²) in [6, 6.07) is 8.73. The molecule has 0 atom stereocenters. The van der Waals surface area contributed by atoms with Crippen molar-refractivity contribution in [1.82, 2.24) is 15.5 Å². The molecule has 1 aromatic carbocycles. The van der Waals surface area contributed by atoms with Gasteiger partial charge in [0.05, 0.1) is 5.69 Å². The lowest BCUT2D eigenvalue weighted by molar-refractivity contribution is 0.582. The maximum atomic E-state index is 4.64. The number of hydrogen-bond donors (Lipinski definition) is 2. The van der Waals surface area contributed by atoms with Crippen LogP contribution in [0.1, 0.15) is 17.5 Å². The Labute approximate surface area is 119 Å². The first-order valence-electron chi connectivity index (χ1n) is 7.54. The zero-order valence-corrected chi connectivity index (χ0v) is 11.7. The maximum Gasteiger partial charge on any atom is 0.154 e. The van der Waals surface area contributed by atoms with E-state index in [1.807, 2.05) is 0 Å². The first-order valence-corrected chi connectivity index (χ1v) is 7.54. The van der Waals surface area contributed by atoms with Gasteiger partial charge in [0, 0.05) is 37.3 Å². The predicted octanol–water partition coefficient (Wildman–Crippen LogP) is 1.97. The Bertz CT molecular complexity index is 611. The Morgan fingerprint density at radius 1 is 1.05 bits per heavy atom. The zero-order chi connectivity index (χ0) is 13.4. The average molecular weight is 268 g/mol. The van der Waals surface area contributed by atoms with Crippen molar-refractivity contribution >= 4 is 5.82 Å². The molecule has 4 rings (SSSR count). The fraction of sp³-hybridized carbons (Fsp3) is 0.438. The molecule has 20 heavy (non-hydrogen) atoms. The van der Waals surface area contributed by atoms with E-state index in [0.29, 0.717) is 0 Å². The maximum absolute atomic E-state index is 4.64. The van der Waals surface area contributed by atoms with Gasteiger partial charge in [0.1, 0.15) is 0 Å². The topological polar surface area (TPSA) is 44.0 Å². The van der Waals surface area contributed by atoms with Crippen LogP contribution in [-0.2, 0) is 12.8 Å². The Balaban J connectivity index is 1.78. The number of nitrogens with zero attached hydrogens (tertiary/aromatic N) is 2. The van der Waals surface area contributed by atoms with Gasteiger partial charge in [0.15, 0.2) is 5.82 Å². The Kier molecular flexibility index (Phi) is 2.96. The molecule has 0 unspecified atom stereocenters. The van der Waals surface area contributed by atoms with E-state index in [1.54, 1.807) is 0 Å². The lowest BCUT2D eigenvalue weighted by atomic mass is 10.0. The molecule has 0 amide bonds. The molecule has 1 saturated heterocycles. The summed E-state index contributed by atoms with van der Waals surface area (Å²) in [5, 5.41) is 11.3. The lowest BCUT2D eigenvalue weighted by Gasteiger charge is -2.28. The van der Waals surface area contributed by atoms with Gasteiger partial charge >= 0.3 is 0 Å². The molecular weight excluding hydrogens is 248 g/mol. The van der Waals surface area contributed by atoms with Gasteiger partial charge in [-0.3, -0.25) is 5.10 Å². The quantitative estimate of drug-likeness (QED) is 0.831. The van der Waals surface area contributed by atoms with Crippen molar-refractivity contribution in [2.45, 2.75) is 19.3 Å².